The average Bonchev–Trinajstić information content (AvgIpc) is 2.92. The maximum atomic E-state index is 13.8. The van der Waals surface area contributed by atoms with Crippen molar-refractivity contribution < 1.29 is 52.8 Å². The molecule has 0 unspecified atom stereocenters. The quantitative estimate of drug-likeness (QED) is 0.180. The number of aliphatic hydroxyl groups is 3. The van der Waals surface area contributed by atoms with E-state index in [0.29, 0.717) is 17.2 Å². The van der Waals surface area contributed by atoms with Crippen LogP contribution in [0.15, 0.2) is 41.2 Å². The van der Waals surface area contributed by atoms with E-state index in [1.165, 1.54) is 6.07 Å². The number of hydrogen-bond acceptors (Lipinski definition) is 8. The molecule has 2 aromatic rings. The third-order valence-electron chi connectivity index (χ3n) is 8.50. The van der Waals surface area contributed by atoms with Crippen LogP contribution >= 0.6 is 11.6 Å². The molecule has 2 aromatic carbocycles. The number of Topliss-reactive ketones (excluding diaryl/α,β-unsaturated/α-hetero) is 2. The number of rotatable bonds is 4. The van der Waals surface area contributed by atoms with E-state index in [1.54, 1.807) is 13.8 Å². The Kier molecular flexibility index (Phi) is 7.65. The minimum atomic E-state index is -4.86. The van der Waals surface area contributed by atoms with E-state index in [0.717, 1.165) is 12.1 Å². The topological polar surface area (TPSA) is 199 Å². The first-order valence-electron chi connectivity index (χ1n) is 13.7. The van der Waals surface area contributed by atoms with Crippen LogP contribution in [0.2, 0.25) is 5.02 Å². The van der Waals surface area contributed by atoms with Gasteiger partial charge in [-0.25, -0.2) is 4.79 Å². The maximum absolute atomic E-state index is 13.8. The summed E-state index contributed by atoms with van der Waals surface area (Å²) < 4.78 is 40.6. The minimum absolute atomic E-state index is 0.0433. The van der Waals surface area contributed by atoms with Crippen LogP contribution in [0.4, 0.5) is 29.3 Å². The van der Waals surface area contributed by atoms with Gasteiger partial charge in [-0.15, -0.1) is 0 Å². The van der Waals surface area contributed by atoms with Gasteiger partial charge >= 0.3 is 12.2 Å². The summed E-state index contributed by atoms with van der Waals surface area (Å²) in [7, 11) is 0. The zero-order valence-electron chi connectivity index (χ0n) is 23.7. The molecule has 3 atom stereocenters. The summed E-state index contributed by atoms with van der Waals surface area (Å²) in [5, 5.41) is 49.0. The summed E-state index contributed by atoms with van der Waals surface area (Å²) in [6, 6.07) is 2.93. The monoisotopic (exact) mass is 649 g/mol. The largest absolute Gasteiger partial charge is 0.508 e. The number of fused-ring (bicyclic) bond motifs is 3. The van der Waals surface area contributed by atoms with Crippen LogP contribution in [0.25, 0.3) is 5.76 Å². The van der Waals surface area contributed by atoms with Crippen LogP contribution in [-0.2, 0) is 27.0 Å². The van der Waals surface area contributed by atoms with E-state index < -0.39 is 87.6 Å². The third-order valence-corrected chi connectivity index (χ3v) is 8.74. The molecule has 0 heterocycles. The van der Waals surface area contributed by atoms with Crippen molar-refractivity contribution in [1.82, 2.24) is 0 Å². The number of nitrogens with one attached hydrogen (secondary N) is 2. The zero-order valence-corrected chi connectivity index (χ0v) is 24.4. The number of phenols is 1. The molecule has 15 heteroatoms. The van der Waals surface area contributed by atoms with E-state index in [4.69, 9.17) is 17.3 Å². The Morgan fingerprint density at radius 3 is 2.31 bits per heavy atom. The molecule has 238 valence electrons. The highest BCUT2D eigenvalue weighted by atomic mass is 35.5. The van der Waals surface area contributed by atoms with Crippen molar-refractivity contribution in [2.24, 2.45) is 17.6 Å². The van der Waals surface area contributed by atoms with Crippen molar-refractivity contribution in [1.29, 1.82) is 0 Å². The Hall–Kier alpha value is -4.56. The van der Waals surface area contributed by atoms with Crippen molar-refractivity contribution in [2.75, 3.05) is 10.6 Å². The Morgan fingerprint density at radius 1 is 1.07 bits per heavy atom. The number of nitrogens with two attached hydrogens (primary N) is 1. The fourth-order valence-electron chi connectivity index (χ4n) is 6.46. The smallest absolute Gasteiger partial charge is 0.418 e. The molecule has 0 aromatic heterocycles. The number of phenolic OH excluding ortho intramolecular Hbond substituents is 1. The molecule has 5 rings (SSSR count). The van der Waals surface area contributed by atoms with Crippen molar-refractivity contribution in [3.8, 4) is 5.75 Å². The van der Waals surface area contributed by atoms with E-state index >= 15 is 0 Å². The Bertz CT molecular complexity index is 1770. The van der Waals surface area contributed by atoms with Gasteiger partial charge in [0.15, 0.2) is 11.4 Å². The normalized spacial score (nSPS) is 23.0. The van der Waals surface area contributed by atoms with Crippen LogP contribution in [0, 0.1) is 11.8 Å². The maximum Gasteiger partial charge on any atom is 0.418 e. The number of amides is 3. The van der Waals surface area contributed by atoms with E-state index in [9.17, 15) is 52.8 Å². The van der Waals surface area contributed by atoms with Gasteiger partial charge in [0.1, 0.15) is 22.8 Å². The molecule has 3 aliphatic rings. The van der Waals surface area contributed by atoms with Crippen molar-refractivity contribution in [3.63, 3.8) is 0 Å². The number of aromatic hydroxyl groups is 1. The number of primary amides is 1. The Labute approximate surface area is 258 Å². The van der Waals surface area contributed by atoms with Crippen molar-refractivity contribution in [2.45, 2.75) is 50.8 Å². The van der Waals surface area contributed by atoms with Gasteiger partial charge in [-0.05, 0) is 60.1 Å². The Balaban J connectivity index is 1.58. The second-order valence-corrected chi connectivity index (χ2v) is 12.0. The highest BCUT2D eigenvalue weighted by Gasteiger charge is 2.60. The molecule has 11 nitrogen and oxygen atoms in total. The fourth-order valence-corrected chi connectivity index (χ4v) is 6.64. The average molecular weight is 650 g/mol. The minimum Gasteiger partial charge on any atom is -0.508 e. The summed E-state index contributed by atoms with van der Waals surface area (Å²) in [4.78, 5) is 51.0. The summed E-state index contributed by atoms with van der Waals surface area (Å²) >= 11 is 5.70. The molecule has 1 fully saturated rings. The van der Waals surface area contributed by atoms with Gasteiger partial charge in [-0.3, -0.25) is 14.4 Å². The molecule has 3 amide bonds. The van der Waals surface area contributed by atoms with E-state index in [1.807, 2.05) is 0 Å². The number of carbonyl (C=O) groups excluding carboxylic acids is 4. The first-order chi connectivity index (χ1) is 20.9. The van der Waals surface area contributed by atoms with Crippen LogP contribution in [-0.4, -0.2) is 49.5 Å². The molecule has 0 aliphatic heterocycles. The second kappa shape index (κ2) is 10.8. The van der Waals surface area contributed by atoms with Crippen LogP contribution in [0.1, 0.15) is 54.9 Å². The first-order valence-corrected chi connectivity index (χ1v) is 14.1. The summed E-state index contributed by atoms with van der Waals surface area (Å²) in [6.45, 7) is 3.55. The molecule has 0 saturated heterocycles. The number of alkyl halides is 3. The van der Waals surface area contributed by atoms with Gasteiger partial charge in [0.2, 0.25) is 5.78 Å². The number of aliphatic hydroxyl groups excluding tert-OH is 2. The van der Waals surface area contributed by atoms with Gasteiger partial charge < -0.3 is 36.8 Å². The molecule has 0 spiro atoms. The lowest BCUT2D eigenvalue weighted by Gasteiger charge is -2.46. The second-order valence-electron chi connectivity index (χ2n) is 11.5. The number of carbonyl (C=O) groups is 4. The molecule has 8 N–H and O–H groups in total. The predicted octanol–water partition coefficient (Wildman–Crippen LogP) is 4.86. The summed E-state index contributed by atoms with van der Waals surface area (Å²) in [5.74, 6) is -8.29. The molecular weight excluding hydrogens is 623 g/mol. The van der Waals surface area contributed by atoms with Gasteiger partial charge in [0.05, 0.1) is 22.5 Å². The number of halogens is 4. The summed E-state index contributed by atoms with van der Waals surface area (Å²) in [5.41, 5.74) is -0.367. The van der Waals surface area contributed by atoms with Gasteiger partial charge in [-0.1, -0.05) is 25.4 Å². The van der Waals surface area contributed by atoms with Crippen molar-refractivity contribution in [3.05, 3.63) is 68.4 Å². The molecular formula is C30H27ClF3N3O8. The van der Waals surface area contributed by atoms with Gasteiger partial charge in [-0.2, -0.15) is 13.2 Å². The van der Waals surface area contributed by atoms with E-state index in [2.05, 4.69) is 10.6 Å². The highest BCUT2D eigenvalue weighted by Crippen LogP contribution is 2.53. The molecule has 3 aliphatic carbocycles. The predicted molar refractivity (Wildman–Crippen MR) is 155 cm³/mol. The standard InChI is InChI=1S/C30H27ClF3N3O8/c1-10(2)14-9-18(37-28(44)36-17-4-3-13(31)8-16(17)30(32,33)34)23(39)21-15(14)6-11-5-12-7-19(38)22(27(35)43)26(42)29(12,45)25(41)20(11)24(21)40/h3-4,8-12,39-40,42,45H,5-7H2,1-2H3,(H2,35,43)(H2,36,37,44)/t11-,12+,29+/m1/s1. The van der Waals surface area contributed by atoms with Crippen LogP contribution < -0.4 is 16.4 Å². The first kappa shape index (κ1) is 31.9. The lowest BCUT2D eigenvalue weighted by atomic mass is 9.59. The summed E-state index contributed by atoms with van der Waals surface area (Å²) in [6.07, 6.45) is -5.34. The molecule has 0 radical (unpaired) electrons. The van der Waals surface area contributed by atoms with Crippen LogP contribution in [0.3, 0.4) is 0 Å². The molecule has 0 bridgehead atoms. The van der Waals surface area contributed by atoms with Crippen molar-refractivity contribution >= 4 is 52.2 Å². The number of hydrogen-bond donors (Lipinski definition) is 7. The number of ketones is 2. The van der Waals surface area contributed by atoms with Crippen LogP contribution in [0.5, 0.6) is 5.75 Å². The lowest BCUT2D eigenvalue weighted by molar-refractivity contribution is -0.147. The third kappa shape index (κ3) is 5.07. The Morgan fingerprint density at radius 2 is 1.71 bits per heavy atom. The molecule has 1 saturated carbocycles. The van der Waals surface area contributed by atoms with Gasteiger partial charge in [0.25, 0.3) is 5.91 Å². The van der Waals surface area contributed by atoms with E-state index in [-0.39, 0.29) is 40.6 Å². The highest BCUT2D eigenvalue weighted by molar-refractivity contribution is 6.30. The number of benzene rings is 2. The van der Waals surface area contributed by atoms with Gasteiger partial charge in [0, 0.05) is 22.9 Å². The lowest BCUT2D eigenvalue weighted by Crippen LogP contribution is -2.58. The molecule has 45 heavy (non-hydrogen) atoms. The number of anilines is 2. The fraction of sp³-hybridized carbons (Fsp3) is 0.333. The number of urea groups is 1. The zero-order chi connectivity index (χ0) is 33.3. The SMILES string of the molecule is CC(C)c1cc(NC(=O)Nc2ccc(Cl)cc2C(F)(F)F)c(O)c2c1C[C@H]1C[C@H]3CC(=O)C(C(N)=O)=C(O)[C@@]3(O)C(=O)C1=C2O.